The zero-order chi connectivity index (χ0) is 12.4. The van der Waals surface area contributed by atoms with Crippen LogP contribution in [0.4, 0.5) is 8.78 Å². The van der Waals surface area contributed by atoms with E-state index in [1.165, 1.54) is 13.0 Å². The first-order valence-electron chi connectivity index (χ1n) is 5.07. The number of benzene rings is 2. The molecule has 0 N–H and O–H groups in total. The van der Waals surface area contributed by atoms with Crippen LogP contribution in [0.5, 0.6) is 5.75 Å². The highest BCUT2D eigenvalue weighted by atomic mass is 19.3. The number of carbonyl (C=O) groups is 1. The summed E-state index contributed by atoms with van der Waals surface area (Å²) in [6.07, 6.45) is 0. The number of fused-ring (bicyclic) bond motifs is 1. The normalized spacial score (nSPS) is 10.8. The lowest BCUT2D eigenvalue weighted by molar-refractivity contribution is -0.0490. The van der Waals surface area contributed by atoms with Crippen molar-refractivity contribution >= 4 is 16.6 Å². The Morgan fingerprint density at radius 1 is 1.18 bits per heavy atom. The molecule has 2 aromatic rings. The molecule has 0 heterocycles. The van der Waals surface area contributed by atoms with E-state index in [-0.39, 0.29) is 17.1 Å². The third-order valence-electron chi connectivity index (χ3n) is 2.47. The number of hydrogen-bond donors (Lipinski definition) is 0. The molecule has 0 bridgehead atoms. The van der Waals surface area contributed by atoms with Gasteiger partial charge in [-0.1, -0.05) is 30.3 Å². The minimum atomic E-state index is -2.95. The largest absolute Gasteiger partial charge is 0.433 e. The number of halogens is 2. The van der Waals surface area contributed by atoms with Gasteiger partial charge in [-0.3, -0.25) is 4.79 Å². The van der Waals surface area contributed by atoms with Gasteiger partial charge in [0.1, 0.15) is 5.75 Å². The van der Waals surface area contributed by atoms with Gasteiger partial charge in [0.05, 0.1) is 5.56 Å². The first-order valence-corrected chi connectivity index (χ1v) is 5.07. The summed E-state index contributed by atoms with van der Waals surface area (Å²) < 4.78 is 29.2. The van der Waals surface area contributed by atoms with Gasteiger partial charge in [-0.05, 0) is 18.4 Å². The molecule has 0 aromatic heterocycles. The maximum absolute atomic E-state index is 12.4. The molecule has 17 heavy (non-hydrogen) atoms. The van der Waals surface area contributed by atoms with Gasteiger partial charge in [-0.2, -0.15) is 8.78 Å². The number of hydrogen-bond acceptors (Lipinski definition) is 2. The highest BCUT2D eigenvalue weighted by Crippen LogP contribution is 2.31. The van der Waals surface area contributed by atoms with Crippen molar-refractivity contribution in [1.82, 2.24) is 0 Å². The highest BCUT2D eigenvalue weighted by molar-refractivity contribution is 6.03. The van der Waals surface area contributed by atoms with Crippen molar-refractivity contribution < 1.29 is 18.3 Å². The van der Waals surface area contributed by atoms with Gasteiger partial charge >= 0.3 is 6.61 Å². The average Bonchev–Trinajstić information content (AvgIpc) is 2.28. The van der Waals surface area contributed by atoms with Crippen molar-refractivity contribution in [2.45, 2.75) is 13.5 Å². The fourth-order valence-electron chi connectivity index (χ4n) is 1.74. The van der Waals surface area contributed by atoms with Crippen LogP contribution in [-0.2, 0) is 0 Å². The van der Waals surface area contributed by atoms with Crippen LogP contribution >= 0.6 is 0 Å². The predicted molar refractivity (Wildman–Crippen MR) is 60.6 cm³/mol. The number of Topliss-reactive ketones (excluding diaryl/α,β-unsaturated/α-hetero) is 1. The maximum atomic E-state index is 12.4. The summed E-state index contributed by atoms with van der Waals surface area (Å²) in [5.74, 6) is -0.350. The van der Waals surface area contributed by atoms with E-state index < -0.39 is 6.61 Å². The van der Waals surface area contributed by atoms with Crippen molar-refractivity contribution in [3.63, 3.8) is 0 Å². The number of ether oxygens (including phenoxy) is 1. The molecule has 0 amide bonds. The zero-order valence-corrected chi connectivity index (χ0v) is 9.11. The minimum absolute atomic E-state index is 0.0504. The fourth-order valence-corrected chi connectivity index (χ4v) is 1.74. The van der Waals surface area contributed by atoms with E-state index >= 15 is 0 Å². The summed E-state index contributed by atoms with van der Waals surface area (Å²) in [6, 6.07) is 10.1. The van der Waals surface area contributed by atoms with Crippen LogP contribution in [0, 0.1) is 0 Å². The molecule has 88 valence electrons. The molecule has 0 aliphatic rings. The summed E-state index contributed by atoms with van der Waals surface area (Å²) >= 11 is 0. The Hall–Kier alpha value is -1.97. The lowest BCUT2D eigenvalue weighted by Crippen LogP contribution is -2.07. The van der Waals surface area contributed by atoms with Gasteiger partial charge in [-0.25, -0.2) is 0 Å². The quantitative estimate of drug-likeness (QED) is 0.760. The minimum Gasteiger partial charge on any atom is -0.433 e. The van der Waals surface area contributed by atoms with Crippen molar-refractivity contribution in [1.29, 1.82) is 0 Å². The van der Waals surface area contributed by atoms with E-state index in [9.17, 15) is 13.6 Å². The van der Waals surface area contributed by atoms with E-state index in [2.05, 4.69) is 4.74 Å². The molecule has 0 aliphatic heterocycles. The van der Waals surface area contributed by atoms with Gasteiger partial charge in [0.25, 0.3) is 0 Å². The Morgan fingerprint density at radius 3 is 2.53 bits per heavy atom. The highest BCUT2D eigenvalue weighted by Gasteiger charge is 2.15. The Balaban J connectivity index is 2.70. The number of carbonyl (C=O) groups excluding carboxylic acids is 1. The first kappa shape index (κ1) is 11.5. The van der Waals surface area contributed by atoms with Crippen molar-refractivity contribution in [3.05, 3.63) is 42.0 Å². The molecule has 2 nitrogen and oxygen atoms in total. The van der Waals surface area contributed by atoms with Crippen molar-refractivity contribution in [3.8, 4) is 5.75 Å². The van der Waals surface area contributed by atoms with E-state index in [1.807, 2.05) is 0 Å². The molecule has 0 spiro atoms. The maximum Gasteiger partial charge on any atom is 0.387 e. The summed E-state index contributed by atoms with van der Waals surface area (Å²) in [7, 11) is 0. The van der Waals surface area contributed by atoms with E-state index in [0.717, 1.165) is 5.39 Å². The third kappa shape index (κ3) is 2.25. The van der Waals surface area contributed by atoms with Crippen LogP contribution in [0.2, 0.25) is 0 Å². The van der Waals surface area contributed by atoms with Crippen LogP contribution in [0.15, 0.2) is 36.4 Å². The fraction of sp³-hybridized carbons (Fsp3) is 0.154. The van der Waals surface area contributed by atoms with Crippen molar-refractivity contribution in [2.24, 2.45) is 0 Å². The Bertz CT molecular complexity index is 564. The SMILES string of the molecule is CC(=O)c1ccc2ccccc2c1OC(F)F. The second kappa shape index (κ2) is 4.49. The van der Waals surface area contributed by atoms with E-state index in [0.29, 0.717) is 5.39 Å². The van der Waals surface area contributed by atoms with E-state index in [4.69, 9.17) is 0 Å². The Labute approximate surface area is 96.8 Å². The van der Waals surface area contributed by atoms with Crippen molar-refractivity contribution in [2.75, 3.05) is 0 Å². The number of rotatable bonds is 3. The molecular weight excluding hydrogens is 226 g/mol. The van der Waals surface area contributed by atoms with E-state index in [1.54, 1.807) is 30.3 Å². The van der Waals surface area contributed by atoms with Crippen LogP contribution in [-0.4, -0.2) is 12.4 Å². The lowest BCUT2D eigenvalue weighted by atomic mass is 10.0. The first-order chi connectivity index (χ1) is 8.09. The molecule has 0 saturated carbocycles. The third-order valence-corrected chi connectivity index (χ3v) is 2.47. The molecule has 4 heteroatoms. The molecule has 0 fully saturated rings. The lowest BCUT2D eigenvalue weighted by Gasteiger charge is -2.11. The Morgan fingerprint density at radius 2 is 1.88 bits per heavy atom. The molecule has 0 aliphatic carbocycles. The average molecular weight is 236 g/mol. The van der Waals surface area contributed by atoms with Crippen LogP contribution in [0.25, 0.3) is 10.8 Å². The van der Waals surface area contributed by atoms with Gasteiger partial charge < -0.3 is 4.74 Å². The standard InChI is InChI=1S/C13H10F2O2/c1-8(16)10-7-6-9-4-2-3-5-11(9)12(10)17-13(14)15/h2-7,13H,1H3. The number of ketones is 1. The smallest absolute Gasteiger partial charge is 0.387 e. The van der Waals surface area contributed by atoms with Crippen LogP contribution in [0.1, 0.15) is 17.3 Å². The predicted octanol–water partition coefficient (Wildman–Crippen LogP) is 3.64. The molecule has 0 unspecified atom stereocenters. The molecule has 2 rings (SSSR count). The molecule has 2 aromatic carbocycles. The van der Waals surface area contributed by atoms with Gasteiger partial charge in [-0.15, -0.1) is 0 Å². The van der Waals surface area contributed by atoms with Gasteiger partial charge in [0.15, 0.2) is 5.78 Å². The zero-order valence-electron chi connectivity index (χ0n) is 9.11. The molecular formula is C13H10F2O2. The monoisotopic (exact) mass is 236 g/mol. The molecule has 0 atom stereocenters. The molecule has 0 radical (unpaired) electrons. The summed E-state index contributed by atoms with van der Waals surface area (Å²) in [4.78, 5) is 11.4. The summed E-state index contributed by atoms with van der Waals surface area (Å²) in [5, 5.41) is 1.27. The molecule has 0 saturated heterocycles. The van der Waals surface area contributed by atoms with Crippen LogP contribution < -0.4 is 4.74 Å². The second-order valence-electron chi connectivity index (χ2n) is 3.60. The second-order valence-corrected chi connectivity index (χ2v) is 3.60. The summed E-state index contributed by atoms with van der Waals surface area (Å²) in [6.45, 7) is -1.62. The topological polar surface area (TPSA) is 26.3 Å². The van der Waals surface area contributed by atoms with Gasteiger partial charge in [0.2, 0.25) is 0 Å². The van der Waals surface area contributed by atoms with Crippen LogP contribution in [0.3, 0.4) is 0 Å². The summed E-state index contributed by atoms with van der Waals surface area (Å²) in [5.41, 5.74) is 0.170. The number of alkyl halides is 2. The Kier molecular flexibility index (Phi) is 3.04. The van der Waals surface area contributed by atoms with Gasteiger partial charge in [0, 0.05) is 5.39 Å².